The summed E-state index contributed by atoms with van der Waals surface area (Å²) in [4.78, 5) is 14.8. The van der Waals surface area contributed by atoms with Crippen molar-refractivity contribution in [2.75, 3.05) is 20.1 Å². The van der Waals surface area contributed by atoms with Gasteiger partial charge in [0, 0.05) is 11.6 Å². The molecule has 3 nitrogen and oxygen atoms in total. The number of hydrogen-bond donors (Lipinski definition) is 1. The number of halogens is 1. The van der Waals surface area contributed by atoms with E-state index in [4.69, 9.17) is 11.6 Å². The first-order chi connectivity index (χ1) is 9.79. The summed E-state index contributed by atoms with van der Waals surface area (Å²) in [6.07, 6.45) is 2.05. The molecule has 0 aromatic heterocycles. The molecule has 0 unspecified atom stereocenters. The third kappa shape index (κ3) is 3.98. The van der Waals surface area contributed by atoms with Gasteiger partial charge in [-0.2, -0.15) is 0 Å². The zero-order valence-corrected chi connectivity index (χ0v) is 14.1. The van der Waals surface area contributed by atoms with Crippen molar-refractivity contribution in [3.63, 3.8) is 0 Å². The average molecular weight is 309 g/mol. The highest BCUT2D eigenvalue weighted by molar-refractivity contribution is 6.31. The van der Waals surface area contributed by atoms with Crippen LogP contribution in [0.5, 0.6) is 0 Å². The number of carbonyl (C=O) groups is 1. The van der Waals surface area contributed by atoms with Crippen molar-refractivity contribution in [2.45, 2.75) is 39.2 Å². The molecule has 1 aromatic carbocycles. The Labute approximate surface area is 132 Å². The monoisotopic (exact) mass is 308 g/mol. The zero-order chi connectivity index (χ0) is 15.6. The van der Waals surface area contributed by atoms with E-state index in [-0.39, 0.29) is 11.8 Å². The highest BCUT2D eigenvalue weighted by Crippen LogP contribution is 2.29. The molecule has 1 amide bonds. The lowest BCUT2D eigenvalue weighted by Gasteiger charge is -2.33. The largest absolute Gasteiger partial charge is 0.347 e. The van der Waals surface area contributed by atoms with E-state index in [9.17, 15) is 4.79 Å². The summed E-state index contributed by atoms with van der Waals surface area (Å²) >= 11 is 6.35. The first-order valence-corrected chi connectivity index (χ1v) is 7.94. The van der Waals surface area contributed by atoms with Gasteiger partial charge in [-0.1, -0.05) is 23.7 Å². The fourth-order valence-corrected chi connectivity index (χ4v) is 3.46. The maximum Gasteiger partial charge on any atom is 0.225 e. The molecule has 1 fully saturated rings. The van der Waals surface area contributed by atoms with Gasteiger partial charge < -0.3 is 10.2 Å². The molecule has 1 aromatic rings. The quantitative estimate of drug-likeness (QED) is 0.929. The first kappa shape index (κ1) is 16.3. The van der Waals surface area contributed by atoms with E-state index in [0.29, 0.717) is 5.02 Å². The third-order valence-electron chi connectivity index (χ3n) is 4.23. The van der Waals surface area contributed by atoms with E-state index in [2.05, 4.69) is 17.3 Å². The molecule has 116 valence electrons. The van der Waals surface area contributed by atoms with Gasteiger partial charge in [0.15, 0.2) is 0 Å². The second kappa shape index (κ2) is 6.37. The highest BCUT2D eigenvalue weighted by Gasteiger charge is 2.30. The van der Waals surface area contributed by atoms with Crippen molar-refractivity contribution in [3.05, 3.63) is 34.3 Å². The number of rotatable bonds is 3. The Morgan fingerprint density at radius 2 is 2.14 bits per heavy atom. The molecule has 4 heteroatoms. The van der Waals surface area contributed by atoms with E-state index < -0.39 is 5.54 Å². The highest BCUT2D eigenvalue weighted by atomic mass is 35.5. The molecule has 0 saturated carbocycles. The molecule has 1 aliphatic rings. The van der Waals surface area contributed by atoms with Crippen LogP contribution in [-0.2, 0) is 10.3 Å². The van der Waals surface area contributed by atoms with Gasteiger partial charge in [-0.3, -0.25) is 4.79 Å². The summed E-state index contributed by atoms with van der Waals surface area (Å²) in [6, 6.07) is 5.98. The van der Waals surface area contributed by atoms with E-state index in [0.717, 1.165) is 37.1 Å². The summed E-state index contributed by atoms with van der Waals surface area (Å²) in [5.41, 5.74) is 1.63. The van der Waals surface area contributed by atoms with Crippen LogP contribution in [0.2, 0.25) is 5.02 Å². The molecule has 1 N–H and O–H groups in total. The number of piperidine rings is 1. The van der Waals surface area contributed by atoms with Crippen LogP contribution in [0, 0.1) is 12.8 Å². The van der Waals surface area contributed by atoms with Crippen molar-refractivity contribution >= 4 is 17.5 Å². The number of carbonyl (C=O) groups excluding carboxylic acids is 1. The molecule has 21 heavy (non-hydrogen) atoms. The lowest BCUT2D eigenvalue weighted by atomic mass is 9.91. The smallest absolute Gasteiger partial charge is 0.225 e. The van der Waals surface area contributed by atoms with Crippen LogP contribution in [0.4, 0.5) is 0 Å². The van der Waals surface area contributed by atoms with Gasteiger partial charge in [0.2, 0.25) is 5.91 Å². The minimum Gasteiger partial charge on any atom is -0.347 e. The second-order valence-electron chi connectivity index (χ2n) is 6.70. The molecule has 2 rings (SSSR count). The van der Waals surface area contributed by atoms with Crippen LogP contribution < -0.4 is 5.32 Å². The number of nitrogens with zero attached hydrogens (tertiary/aromatic N) is 1. The molecular formula is C17H25ClN2O. The Morgan fingerprint density at radius 3 is 2.76 bits per heavy atom. The molecular weight excluding hydrogens is 284 g/mol. The summed E-state index contributed by atoms with van der Waals surface area (Å²) in [5, 5.41) is 3.88. The topological polar surface area (TPSA) is 32.3 Å². The summed E-state index contributed by atoms with van der Waals surface area (Å²) < 4.78 is 0. The predicted octanol–water partition coefficient (Wildman–Crippen LogP) is 3.34. The number of aryl methyl sites for hydroxylation is 1. The van der Waals surface area contributed by atoms with Crippen LogP contribution in [-0.4, -0.2) is 30.9 Å². The summed E-state index contributed by atoms with van der Waals surface area (Å²) in [6.45, 7) is 7.95. The summed E-state index contributed by atoms with van der Waals surface area (Å²) in [7, 11) is 2.07. The Balaban J connectivity index is 2.11. The first-order valence-electron chi connectivity index (χ1n) is 7.57. The van der Waals surface area contributed by atoms with Gasteiger partial charge in [0.1, 0.15) is 0 Å². The van der Waals surface area contributed by atoms with Crippen molar-refractivity contribution in [2.24, 2.45) is 5.92 Å². The van der Waals surface area contributed by atoms with Crippen molar-refractivity contribution in [3.8, 4) is 0 Å². The minimum atomic E-state index is -0.460. The fraction of sp³-hybridized carbons (Fsp3) is 0.588. The molecule has 1 atom stereocenters. The van der Waals surface area contributed by atoms with Crippen molar-refractivity contribution in [1.29, 1.82) is 0 Å². The third-order valence-corrected chi connectivity index (χ3v) is 4.54. The van der Waals surface area contributed by atoms with Gasteiger partial charge in [0.25, 0.3) is 0 Å². The fourth-order valence-electron chi connectivity index (χ4n) is 2.98. The van der Waals surface area contributed by atoms with E-state index in [1.165, 1.54) is 0 Å². The Kier molecular flexibility index (Phi) is 4.95. The van der Waals surface area contributed by atoms with E-state index in [1.54, 1.807) is 0 Å². The normalized spacial score (nSPS) is 20.3. The molecule has 1 aliphatic heterocycles. The molecule has 1 heterocycles. The standard InChI is InChI=1S/C17H25ClN2O/c1-12-7-8-14(15(18)10-12)17(2,3)19-16(21)13-6-5-9-20(4)11-13/h7-8,10,13H,5-6,9,11H2,1-4H3,(H,19,21)/t13-/m0/s1. The lowest BCUT2D eigenvalue weighted by Crippen LogP contribution is -2.48. The molecule has 0 bridgehead atoms. The summed E-state index contributed by atoms with van der Waals surface area (Å²) in [5.74, 6) is 0.204. The average Bonchev–Trinajstić information content (AvgIpc) is 2.37. The van der Waals surface area contributed by atoms with Crippen LogP contribution >= 0.6 is 11.6 Å². The zero-order valence-electron chi connectivity index (χ0n) is 13.4. The van der Waals surface area contributed by atoms with E-state index >= 15 is 0 Å². The lowest BCUT2D eigenvalue weighted by molar-refractivity contribution is -0.128. The van der Waals surface area contributed by atoms with E-state index in [1.807, 2.05) is 39.0 Å². The van der Waals surface area contributed by atoms with Crippen LogP contribution in [0.3, 0.4) is 0 Å². The van der Waals surface area contributed by atoms with Crippen LogP contribution in [0.25, 0.3) is 0 Å². The van der Waals surface area contributed by atoms with Crippen LogP contribution in [0.1, 0.15) is 37.8 Å². The van der Waals surface area contributed by atoms with Crippen molar-refractivity contribution in [1.82, 2.24) is 10.2 Å². The SMILES string of the molecule is Cc1ccc(C(C)(C)NC(=O)[C@H]2CCCN(C)C2)c(Cl)c1. The van der Waals surface area contributed by atoms with Gasteiger partial charge in [-0.05, 0) is 64.4 Å². The predicted molar refractivity (Wildman–Crippen MR) is 87.6 cm³/mol. The number of benzene rings is 1. The van der Waals surface area contributed by atoms with Crippen molar-refractivity contribution < 1.29 is 4.79 Å². The van der Waals surface area contributed by atoms with Gasteiger partial charge in [-0.25, -0.2) is 0 Å². The minimum absolute atomic E-state index is 0.0762. The molecule has 1 saturated heterocycles. The van der Waals surface area contributed by atoms with Gasteiger partial charge in [-0.15, -0.1) is 0 Å². The number of likely N-dealkylation sites (tertiary alicyclic amines) is 1. The molecule has 0 spiro atoms. The molecule has 0 aliphatic carbocycles. The maximum absolute atomic E-state index is 12.5. The second-order valence-corrected chi connectivity index (χ2v) is 7.11. The maximum atomic E-state index is 12.5. The number of hydrogen-bond acceptors (Lipinski definition) is 2. The number of amides is 1. The van der Waals surface area contributed by atoms with Gasteiger partial charge >= 0.3 is 0 Å². The number of nitrogens with one attached hydrogen (secondary N) is 1. The van der Waals surface area contributed by atoms with Crippen LogP contribution in [0.15, 0.2) is 18.2 Å². The molecule has 0 radical (unpaired) electrons. The van der Waals surface area contributed by atoms with Gasteiger partial charge in [0.05, 0.1) is 11.5 Å². The Hall–Kier alpha value is -1.06. The Bertz CT molecular complexity index is 528. The Morgan fingerprint density at radius 1 is 1.43 bits per heavy atom.